The van der Waals surface area contributed by atoms with E-state index in [0.717, 1.165) is 5.56 Å². The minimum absolute atomic E-state index is 0.0335. The molecule has 0 fully saturated rings. The highest BCUT2D eigenvalue weighted by Gasteiger charge is 2.43. The van der Waals surface area contributed by atoms with Gasteiger partial charge in [0.25, 0.3) is 20.2 Å². The summed E-state index contributed by atoms with van der Waals surface area (Å²) in [6.45, 7) is 3.46. The molecule has 5 aromatic rings. The van der Waals surface area contributed by atoms with Crippen molar-refractivity contribution < 1.29 is 25.9 Å². The van der Waals surface area contributed by atoms with Gasteiger partial charge in [0.1, 0.15) is 27.0 Å². The molecule has 1 atom stereocenters. The van der Waals surface area contributed by atoms with Crippen LogP contribution in [0.3, 0.4) is 0 Å². The molecule has 0 radical (unpaired) electrons. The molecule has 1 aliphatic carbocycles. The van der Waals surface area contributed by atoms with Gasteiger partial charge in [0, 0.05) is 30.9 Å². The van der Waals surface area contributed by atoms with Crippen molar-refractivity contribution in [2.24, 2.45) is 24.8 Å². The number of benzene rings is 4. The van der Waals surface area contributed by atoms with E-state index in [1.54, 1.807) is 31.9 Å². The van der Waals surface area contributed by atoms with E-state index in [2.05, 4.69) is 40.0 Å². The Balaban J connectivity index is 1.52. The molecule has 278 valence electrons. The zero-order valence-electron chi connectivity index (χ0n) is 28.6. The number of nitroso groups, excluding NO2 is 3. The second kappa shape index (κ2) is 14.5. The second-order valence-electron chi connectivity index (χ2n) is 12.4. The number of rotatable bonds is 15. The average molecular weight is 791 g/mol. The van der Waals surface area contributed by atoms with Gasteiger partial charge in [0.15, 0.2) is 0 Å². The Bertz CT molecular complexity index is 2570. The van der Waals surface area contributed by atoms with Crippen LogP contribution in [0.15, 0.2) is 101 Å². The van der Waals surface area contributed by atoms with Crippen LogP contribution >= 0.6 is 0 Å². The van der Waals surface area contributed by atoms with Crippen molar-refractivity contribution in [2.75, 3.05) is 23.8 Å². The molecule has 1 unspecified atom stereocenters. The Morgan fingerprint density at radius 3 is 2.15 bits per heavy atom. The van der Waals surface area contributed by atoms with Gasteiger partial charge in [-0.15, -0.1) is 10.2 Å². The van der Waals surface area contributed by atoms with Crippen LogP contribution in [0.5, 0.6) is 0 Å². The number of aromatic nitrogens is 3. The van der Waals surface area contributed by atoms with Crippen LogP contribution < -0.4 is 10.2 Å². The summed E-state index contributed by atoms with van der Waals surface area (Å²) in [7, 11) is -12.2. The van der Waals surface area contributed by atoms with Crippen molar-refractivity contribution in [3.8, 4) is 0 Å². The zero-order chi connectivity index (χ0) is 39.0. The van der Waals surface area contributed by atoms with Gasteiger partial charge < -0.3 is 10.2 Å². The van der Waals surface area contributed by atoms with Gasteiger partial charge in [-0.05, 0) is 72.5 Å². The molecule has 22 heteroatoms. The molecule has 0 bridgehead atoms. The van der Waals surface area contributed by atoms with Crippen LogP contribution in [-0.4, -0.2) is 63.0 Å². The molecule has 0 aliphatic heterocycles. The number of para-hydroxylation sites is 1. The molecule has 3 N–H and O–H groups in total. The summed E-state index contributed by atoms with van der Waals surface area (Å²) in [5.41, 5.74) is 2.27. The number of nitrogens with one attached hydrogen (secondary N) is 1. The van der Waals surface area contributed by atoms with E-state index in [1.807, 2.05) is 36.4 Å². The Morgan fingerprint density at radius 1 is 0.815 bits per heavy atom. The lowest BCUT2D eigenvalue weighted by molar-refractivity contribution is 0.480. The van der Waals surface area contributed by atoms with Gasteiger partial charge >= 0.3 is 8.56 Å². The average Bonchev–Trinajstić information content (AvgIpc) is 3.13. The number of hydrogen-bond donors (Lipinski definition) is 3. The van der Waals surface area contributed by atoms with Crippen molar-refractivity contribution in [1.82, 2.24) is 15.0 Å². The summed E-state index contributed by atoms with van der Waals surface area (Å²) < 4.78 is 70.5. The van der Waals surface area contributed by atoms with E-state index in [0.29, 0.717) is 27.6 Å². The third-order valence-electron chi connectivity index (χ3n) is 8.67. The smallest absolute Gasteiger partial charge is 0.354 e. The van der Waals surface area contributed by atoms with Gasteiger partial charge in [-0.3, -0.25) is 9.11 Å². The largest absolute Gasteiger partial charge is 0.565 e. The predicted molar refractivity (Wildman–Crippen MR) is 200 cm³/mol. The highest BCUT2D eigenvalue weighted by Crippen LogP contribution is 2.54. The van der Waals surface area contributed by atoms with Crippen LogP contribution in [0, 0.1) is 28.6 Å². The van der Waals surface area contributed by atoms with Gasteiger partial charge in [0.05, 0.1) is 5.92 Å². The SMILES string of the molecule is Cc1ccc(N=Nc2c(S(=O)(=O)O)cc3cc(C)cc4c3c2C4c2nc(NCCC[Si](N=O)(N=O)N=O)nc(N(C)c3ccccc3)n2)c(S(=O)(=O)O)c1. The maximum absolute atomic E-state index is 12.9. The fourth-order valence-electron chi connectivity index (χ4n) is 6.12. The Kier molecular flexibility index (Phi) is 10.2. The number of anilines is 3. The zero-order valence-corrected chi connectivity index (χ0v) is 31.3. The molecule has 1 aromatic heterocycles. The van der Waals surface area contributed by atoms with Crippen molar-refractivity contribution in [3.63, 3.8) is 0 Å². The third kappa shape index (κ3) is 7.36. The normalized spacial score (nSPS) is 14.1. The molecular formula is C32H30N10O9S2Si. The molecule has 1 aliphatic rings. The highest BCUT2D eigenvalue weighted by atomic mass is 32.2. The van der Waals surface area contributed by atoms with E-state index in [9.17, 15) is 40.7 Å². The van der Waals surface area contributed by atoms with E-state index < -0.39 is 44.5 Å². The summed E-state index contributed by atoms with van der Waals surface area (Å²) in [5.74, 6) is -0.586. The quantitative estimate of drug-likeness (QED) is 0.0315. The molecule has 19 nitrogen and oxygen atoms in total. The van der Waals surface area contributed by atoms with Crippen molar-refractivity contribution in [3.05, 3.63) is 110 Å². The van der Waals surface area contributed by atoms with Crippen LogP contribution in [0.25, 0.3) is 10.8 Å². The van der Waals surface area contributed by atoms with Crippen molar-refractivity contribution in [2.45, 2.75) is 42.0 Å². The minimum atomic E-state index is -4.97. The van der Waals surface area contributed by atoms with E-state index in [-0.39, 0.29) is 53.7 Å². The summed E-state index contributed by atoms with van der Waals surface area (Å²) >= 11 is 0. The first kappa shape index (κ1) is 37.9. The van der Waals surface area contributed by atoms with Crippen LogP contribution in [0.2, 0.25) is 6.04 Å². The molecule has 54 heavy (non-hydrogen) atoms. The molecule has 1 heterocycles. The maximum Gasteiger partial charge on any atom is 0.565 e. The summed E-state index contributed by atoms with van der Waals surface area (Å²) in [6.07, 6.45) is 0.0812. The van der Waals surface area contributed by atoms with Crippen LogP contribution in [0.4, 0.5) is 29.0 Å². The van der Waals surface area contributed by atoms with Crippen molar-refractivity contribution >= 4 is 68.5 Å². The fraction of sp³-hybridized carbons (Fsp3) is 0.219. The summed E-state index contributed by atoms with van der Waals surface area (Å²) in [4.78, 5) is 55.7. The molecule has 0 spiro atoms. The Labute approximate surface area is 308 Å². The first-order chi connectivity index (χ1) is 25.6. The minimum Gasteiger partial charge on any atom is -0.354 e. The molecular weight excluding hydrogens is 761 g/mol. The predicted octanol–water partition coefficient (Wildman–Crippen LogP) is 6.85. The highest BCUT2D eigenvalue weighted by molar-refractivity contribution is 7.86. The van der Waals surface area contributed by atoms with Gasteiger partial charge in [-0.1, -0.05) is 56.5 Å². The number of nitrogens with zero attached hydrogens (tertiary/aromatic N) is 9. The number of aryl methyl sites for hydroxylation is 2. The van der Waals surface area contributed by atoms with Gasteiger partial charge in [0.2, 0.25) is 11.9 Å². The summed E-state index contributed by atoms with van der Waals surface area (Å²) in [6, 6.07) is 17.6. The van der Waals surface area contributed by atoms with Gasteiger partial charge in [-0.25, -0.2) is 0 Å². The lowest BCUT2D eigenvalue weighted by Gasteiger charge is -2.33. The third-order valence-corrected chi connectivity index (χ3v) is 12.3. The molecule has 0 saturated heterocycles. The van der Waals surface area contributed by atoms with Crippen LogP contribution in [-0.2, 0) is 20.2 Å². The number of azo groups is 1. The van der Waals surface area contributed by atoms with Crippen LogP contribution in [0.1, 0.15) is 40.4 Å². The topological polar surface area (TPSA) is 276 Å². The second-order valence-corrected chi connectivity index (χ2v) is 17.8. The molecule has 4 aromatic carbocycles. The molecule has 0 saturated carbocycles. The Morgan fingerprint density at radius 2 is 1.50 bits per heavy atom. The molecule has 0 amide bonds. The monoisotopic (exact) mass is 790 g/mol. The fourth-order valence-corrected chi connectivity index (χ4v) is 8.52. The first-order valence-electron chi connectivity index (χ1n) is 16.0. The number of hydrogen-bond acceptors (Lipinski definition) is 17. The van der Waals surface area contributed by atoms with E-state index in [1.165, 1.54) is 24.3 Å². The lowest BCUT2D eigenvalue weighted by Crippen LogP contribution is -2.27. The maximum atomic E-state index is 12.9. The van der Waals surface area contributed by atoms with Crippen molar-refractivity contribution in [1.29, 1.82) is 0 Å². The standard InChI is InChI=1S/C32H30N10O9S2Si/c1-18-10-11-23(24(16-18)52(46,47)48)37-38-29-25(53(49,50)51)17-20-14-19(2)15-22-26(20)28(29)27(22)30-34-31(33-12-7-13-54(39-43,40-44)41-45)36-32(35-30)42(3)21-8-5-4-6-9-21/h4-6,8-11,14-17,27H,7,12-13H2,1-3H3,(H,46,47,48)(H,49,50,51)(H,33,34,35,36). The molecule has 6 rings (SSSR count). The van der Waals surface area contributed by atoms with Gasteiger partial charge in [-0.2, -0.15) is 46.5 Å². The Hall–Kier alpha value is -5.81. The van der Waals surface area contributed by atoms with E-state index >= 15 is 0 Å². The first-order valence-corrected chi connectivity index (χ1v) is 20.9. The van der Waals surface area contributed by atoms with E-state index in [4.69, 9.17) is 4.98 Å². The summed E-state index contributed by atoms with van der Waals surface area (Å²) in [5, 5.41) is 12.3. The lowest BCUT2D eigenvalue weighted by atomic mass is 9.73.